The molecule has 3 aromatic rings. The molecule has 0 spiro atoms. The van der Waals surface area contributed by atoms with E-state index in [1.165, 1.54) is 0 Å². The largest absolute Gasteiger partial charge is 0.441 e. The number of benzene rings is 2. The van der Waals surface area contributed by atoms with Gasteiger partial charge in [-0.1, -0.05) is 23.2 Å². The third-order valence-electron chi connectivity index (χ3n) is 2.88. The van der Waals surface area contributed by atoms with Crippen LogP contribution in [0.15, 0.2) is 40.8 Å². The number of oxazole rings is 1. The molecule has 21 heavy (non-hydrogen) atoms. The van der Waals surface area contributed by atoms with E-state index in [1.54, 1.807) is 43.3 Å². The number of aryl methyl sites for hydroxylation is 1. The third-order valence-corrected chi connectivity index (χ3v) is 3.31. The molecule has 0 saturated heterocycles. The van der Waals surface area contributed by atoms with Gasteiger partial charge in [0.15, 0.2) is 11.5 Å². The van der Waals surface area contributed by atoms with Crippen LogP contribution >= 0.6 is 23.2 Å². The maximum absolute atomic E-state index is 12.2. The fourth-order valence-corrected chi connectivity index (χ4v) is 2.54. The van der Waals surface area contributed by atoms with Crippen LogP contribution in [0.5, 0.6) is 0 Å². The van der Waals surface area contributed by atoms with Crippen LogP contribution in [0.25, 0.3) is 11.1 Å². The van der Waals surface area contributed by atoms with E-state index in [-0.39, 0.29) is 5.91 Å². The lowest BCUT2D eigenvalue weighted by molar-refractivity contribution is 0.102. The summed E-state index contributed by atoms with van der Waals surface area (Å²) in [5.74, 6) is 0.292. The molecule has 0 aliphatic carbocycles. The smallest absolute Gasteiger partial charge is 0.255 e. The van der Waals surface area contributed by atoms with E-state index in [9.17, 15) is 4.79 Å². The second-order valence-electron chi connectivity index (χ2n) is 4.53. The molecule has 0 radical (unpaired) electrons. The molecular weight excluding hydrogens is 311 g/mol. The van der Waals surface area contributed by atoms with E-state index in [0.717, 1.165) is 0 Å². The lowest BCUT2D eigenvalue weighted by Crippen LogP contribution is -2.11. The average molecular weight is 321 g/mol. The Hall–Kier alpha value is -2.04. The quantitative estimate of drug-likeness (QED) is 0.744. The Bertz CT molecular complexity index is 823. The molecule has 0 aliphatic rings. The molecule has 0 fully saturated rings. The van der Waals surface area contributed by atoms with Crippen LogP contribution in [-0.2, 0) is 0 Å². The third kappa shape index (κ3) is 3.01. The van der Waals surface area contributed by atoms with Gasteiger partial charge >= 0.3 is 0 Å². The molecule has 6 heteroatoms. The molecular formula is C15H10Cl2N2O2. The predicted molar refractivity (Wildman–Crippen MR) is 83.2 cm³/mol. The first-order chi connectivity index (χ1) is 10.0. The number of aromatic nitrogens is 1. The van der Waals surface area contributed by atoms with Crippen molar-refractivity contribution in [2.24, 2.45) is 0 Å². The Labute approximate surface area is 130 Å². The maximum atomic E-state index is 12.2. The van der Waals surface area contributed by atoms with E-state index < -0.39 is 0 Å². The Kier molecular flexibility index (Phi) is 3.57. The number of nitrogens with zero attached hydrogens (tertiary/aromatic N) is 1. The summed E-state index contributed by atoms with van der Waals surface area (Å²) in [4.78, 5) is 16.4. The monoisotopic (exact) mass is 320 g/mol. The average Bonchev–Trinajstić information content (AvgIpc) is 2.76. The predicted octanol–water partition coefficient (Wildman–Crippen LogP) is 4.70. The van der Waals surface area contributed by atoms with Gasteiger partial charge in [0.2, 0.25) is 0 Å². The first-order valence-electron chi connectivity index (χ1n) is 6.16. The first-order valence-corrected chi connectivity index (χ1v) is 6.91. The van der Waals surface area contributed by atoms with Crippen molar-refractivity contribution >= 4 is 45.9 Å². The SMILES string of the molecule is Cc1nc2cc(C(=O)Nc3cc(Cl)cc(Cl)c3)ccc2o1. The number of fused-ring (bicyclic) bond motifs is 1. The Morgan fingerprint density at radius 2 is 1.86 bits per heavy atom. The minimum Gasteiger partial charge on any atom is -0.441 e. The Morgan fingerprint density at radius 3 is 2.57 bits per heavy atom. The molecule has 106 valence electrons. The van der Waals surface area contributed by atoms with Crippen molar-refractivity contribution in [1.29, 1.82) is 0 Å². The fraction of sp³-hybridized carbons (Fsp3) is 0.0667. The molecule has 3 rings (SSSR count). The van der Waals surface area contributed by atoms with Crippen molar-refractivity contribution in [3.8, 4) is 0 Å². The number of rotatable bonds is 2. The van der Waals surface area contributed by atoms with Gasteiger partial charge < -0.3 is 9.73 Å². The maximum Gasteiger partial charge on any atom is 0.255 e. The standard InChI is InChI=1S/C15H10Cl2N2O2/c1-8-18-13-4-9(2-3-14(13)21-8)15(20)19-12-6-10(16)5-11(17)7-12/h2-7H,1H3,(H,19,20). The highest BCUT2D eigenvalue weighted by molar-refractivity contribution is 6.35. The normalized spacial score (nSPS) is 10.8. The molecule has 2 aromatic carbocycles. The second-order valence-corrected chi connectivity index (χ2v) is 5.40. The highest BCUT2D eigenvalue weighted by Crippen LogP contribution is 2.23. The number of carbonyl (C=O) groups excluding carboxylic acids is 1. The van der Waals surface area contributed by atoms with E-state index in [4.69, 9.17) is 27.6 Å². The fourth-order valence-electron chi connectivity index (χ4n) is 2.01. The lowest BCUT2D eigenvalue weighted by Gasteiger charge is -2.06. The van der Waals surface area contributed by atoms with Crippen LogP contribution in [-0.4, -0.2) is 10.9 Å². The van der Waals surface area contributed by atoms with Gasteiger partial charge in [0.1, 0.15) is 5.52 Å². The molecule has 1 aromatic heterocycles. The number of carbonyl (C=O) groups is 1. The van der Waals surface area contributed by atoms with Gasteiger partial charge in [-0.3, -0.25) is 4.79 Å². The summed E-state index contributed by atoms with van der Waals surface area (Å²) in [5, 5.41) is 3.66. The molecule has 1 amide bonds. The van der Waals surface area contributed by atoms with Gasteiger partial charge in [-0.15, -0.1) is 0 Å². The minimum atomic E-state index is -0.268. The van der Waals surface area contributed by atoms with Crippen LogP contribution in [0.1, 0.15) is 16.2 Å². The van der Waals surface area contributed by atoms with Crippen LogP contribution in [0.4, 0.5) is 5.69 Å². The van der Waals surface area contributed by atoms with E-state index in [2.05, 4.69) is 10.3 Å². The lowest BCUT2D eigenvalue weighted by atomic mass is 10.2. The molecule has 4 nitrogen and oxygen atoms in total. The molecule has 1 heterocycles. The number of amides is 1. The van der Waals surface area contributed by atoms with E-state index >= 15 is 0 Å². The number of halogens is 2. The van der Waals surface area contributed by atoms with Crippen LogP contribution in [0, 0.1) is 6.92 Å². The van der Waals surface area contributed by atoms with Gasteiger partial charge in [0, 0.05) is 28.2 Å². The van der Waals surface area contributed by atoms with Crippen molar-refractivity contribution in [3.05, 3.63) is 57.9 Å². The van der Waals surface area contributed by atoms with Crippen LogP contribution in [0.2, 0.25) is 10.0 Å². The van der Waals surface area contributed by atoms with E-state index in [1.807, 2.05) is 0 Å². The minimum absolute atomic E-state index is 0.268. The molecule has 0 atom stereocenters. The van der Waals surface area contributed by atoms with Crippen molar-refractivity contribution in [2.45, 2.75) is 6.92 Å². The summed E-state index contributed by atoms with van der Waals surface area (Å²) in [6.45, 7) is 1.76. The number of anilines is 1. The van der Waals surface area contributed by atoms with Gasteiger partial charge in [0.25, 0.3) is 5.91 Å². The summed E-state index contributed by atoms with van der Waals surface area (Å²) < 4.78 is 5.37. The Morgan fingerprint density at radius 1 is 1.14 bits per heavy atom. The van der Waals surface area contributed by atoms with Crippen LogP contribution in [0.3, 0.4) is 0 Å². The van der Waals surface area contributed by atoms with E-state index in [0.29, 0.717) is 38.3 Å². The molecule has 0 aliphatic heterocycles. The van der Waals surface area contributed by atoms with Gasteiger partial charge in [-0.05, 0) is 36.4 Å². The highest BCUT2D eigenvalue weighted by Gasteiger charge is 2.10. The van der Waals surface area contributed by atoms with Crippen molar-refractivity contribution < 1.29 is 9.21 Å². The molecule has 0 unspecified atom stereocenters. The zero-order valence-corrected chi connectivity index (χ0v) is 12.5. The molecule has 0 bridgehead atoms. The molecule has 1 N–H and O–H groups in total. The Balaban J connectivity index is 1.89. The summed E-state index contributed by atoms with van der Waals surface area (Å²) in [5.41, 5.74) is 2.31. The summed E-state index contributed by atoms with van der Waals surface area (Å²) in [7, 11) is 0. The summed E-state index contributed by atoms with van der Waals surface area (Å²) >= 11 is 11.8. The van der Waals surface area contributed by atoms with Crippen molar-refractivity contribution in [3.63, 3.8) is 0 Å². The number of hydrogen-bond acceptors (Lipinski definition) is 3. The zero-order valence-electron chi connectivity index (χ0n) is 11.0. The topological polar surface area (TPSA) is 55.1 Å². The summed E-state index contributed by atoms with van der Waals surface area (Å²) in [6, 6.07) is 9.92. The zero-order chi connectivity index (χ0) is 15.0. The number of hydrogen-bond donors (Lipinski definition) is 1. The van der Waals surface area contributed by atoms with Crippen molar-refractivity contribution in [1.82, 2.24) is 4.98 Å². The summed E-state index contributed by atoms with van der Waals surface area (Å²) in [6.07, 6.45) is 0. The highest BCUT2D eigenvalue weighted by atomic mass is 35.5. The number of nitrogens with one attached hydrogen (secondary N) is 1. The van der Waals surface area contributed by atoms with Crippen molar-refractivity contribution in [2.75, 3.05) is 5.32 Å². The second kappa shape index (κ2) is 5.39. The molecule has 0 saturated carbocycles. The van der Waals surface area contributed by atoms with Gasteiger partial charge in [0.05, 0.1) is 0 Å². The van der Waals surface area contributed by atoms with Crippen LogP contribution < -0.4 is 5.32 Å². The van der Waals surface area contributed by atoms with Gasteiger partial charge in [-0.2, -0.15) is 0 Å². The first kappa shape index (κ1) is 13.9. The van der Waals surface area contributed by atoms with Gasteiger partial charge in [-0.25, -0.2) is 4.98 Å².